The number of carbonyl (C=O) groups excluding carboxylic acids is 1. The molecule has 4 aromatic rings. The van der Waals surface area contributed by atoms with Crippen LogP contribution in [0.1, 0.15) is 52.9 Å². The van der Waals surface area contributed by atoms with Gasteiger partial charge in [0.2, 0.25) is 0 Å². The molecule has 0 aliphatic rings. The molecule has 0 bridgehead atoms. The third kappa shape index (κ3) is 7.56. The van der Waals surface area contributed by atoms with Gasteiger partial charge in [-0.15, -0.1) is 12.4 Å². The summed E-state index contributed by atoms with van der Waals surface area (Å²) in [6.07, 6.45) is 2.68. The standard InChI is InChI=1S/C15H16ClFN2O2.C11H8ClFN2O2.ClH/c1-9-11(14(20)21-15(2,3)4)8-18-19(9)10-5-6-13(17)12(16)7-10;1-6-8(11(16)17)5-14-15(6)7-2-3-10(13)9(12)4-7;/h5-8H,1-4H3;2-5H,1H3,(H,16,17);1H. The fraction of sp³-hybridized carbons (Fsp3) is 0.231. The van der Waals surface area contributed by atoms with E-state index >= 15 is 0 Å². The Morgan fingerprint density at radius 2 is 1.26 bits per heavy atom. The summed E-state index contributed by atoms with van der Waals surface area (Å²) in [5, 5.41) is 16.9. The average Bonchev–Trinajstić information content (AvgIpc) is 3.39. The van der Waals surface area contributed by atoms with Crippen molar-refractivity contribution in [2.45, 2.75) is 40.2 Å². The summed E-state index contributed by atoms with van der Waals surface area (Å²) >= 11 is 11.4. The van der Waals surface area contributed by atoms with Gasteiger partial charge in [-0.25, -0.2) is 27.7 Å². The fourth-order valence-corrected chi connectivity index (χ4v) is 3.67. The number of esters is 1. The first-order valence-electron chi connectivity index (χ1n) is 11.2. The van der Waals surface area contributed by atoms with E-state index in [0.29, 0.717) is 28.3 Å². The molecule has 39 heavy (non-hydrogen) atoms. The minimum absolute atomic E-state index is 0. The SMILES string of the molecule is Cc1c(C(=O)O)cnn1-c1ccc(F)c(Cl)c1.Cc1c(C(=O)OC(C)(C)C)cnn1-c1ccc(F)c(Cl)c1.Cl. The molecule has 0 amide bonds. The predicted octanol–water partition coefficient (Wildman–Crippen LogP) is 7.02. The number of benzene rings is 2. The first-order valence-corrected chi connectivity index (χ1v) is 11.9. The molecule has 0 radical (unpaired) electrons. The van der Waals surface area contributed by atoms with Crippen molar-refractivity contribution in [3.63, 3.8) is 0 Å². The number of ether oxygens (including phenoxy) is 1. The summed E-state index contributed by atoms with van der Waals surface area (Å²) in [6, 6.07) is 8.33. The van der Waals surface area contributed by atoms with Gasteiger partial charge < -0.3 is 9.84 Å². The molecule has 0 aliphatic heterocycles. The molecular weight excluding hydrogens is 577 g/mol. The predicted molar refractivity (Wildman–Crippen MR) is 146 cm³/mol. The number of aromatic nitrogens is 4. The van der Waals surface area contributed by atoms with Crippen LogP contribution < -0.4 is 0 Å². The van der Waals surface area contributed by atoms with E-state index in [2.05, 4.69) is 10.2 Å². The molecule has 208 valence electrons. The molecule has 0 unspecified atom stereocenters. The van der Waals surface area contributed by atoms with Crippen LogP contribution in [0, 0.1) is 25.5 Å². The zero-order valence-corrected chi connectivity index (χ0v) is 23.8. The maximum Gasteiger partial charge on any atom is 0.342 e. The number of rotatable bonds is 4. The van der Waals surface area contributed by atoms with Crippen LogP contribution in [-0.4, -0.2) is 42.2 Å². The van der Waals surface area contributed by atoms with E-state index in [0.717, 1.165) is 0 Å². The molecule has 2 aromatic carbocycles. The minimum Gasteiger partial charge on any atom is -0.478 e. The van der Waals surface area contributed by atoms with E-state index in [4.69, 9.17) is 33.0 Å². The molecule has 2 aromatic heterocycles. The van der Waals surface area contributed by atoms with E-state index in [1.165, 1.54) is 52.1 Å². The van der Waals surface area contributed by atoms with Gasteiger partial charge in [-0.1, -0.05) is 23.2 Å². The first-order chi connectivity index (χ1) is 17.7. The second-order valence-electron chi connectivity index (χ2n) is 9.11. The molecule has 4 rings (SSSR count). The molecule has 8 nitrogen and oxygen atoms in total. The largest absolute Gasteiger partial charge is 0.478 e. The van der Waals surface area contributed by atoms with Crippen LogP contribution in [0.15, 0.2) is 48.8 Å². The Hall–Kier alpha value is -3.47. The van der Waals surface area contributed by atoms with Crippen molar-refractivity contribution in [3.05, 3.63) is 93.0 Å². The smallest absolute Gasteiger partial charge is 0.342 e. The van der Waals surface area contributed by atoms with Gasteiger partial charge in [0.15, 0.2) is 0 Å². The summed E-state index contributed by atoms with van der Waals surface area (Å²) in [5.74, 6) is -2.53. The zero-order chi connectivity index (χ0) is 28.4. The number of hydrogen-bond donors (Lipinski definition) is 1. The molecule has 0 saturated heterocycles. The quantitative estimate of drug-likeness (QED) is 0.252. The number of carbonyl (C=O) groups is 2. The van der Waals surface area contributed by atoms with E-state index in [1.807, 2.05) is 0 Å². The second kappa shape index (κ2) is 12.6. The Balaban J connectivity index is 0.000000272. The van der Waals surface area contributed by atoms with Gasteiger partial charge in [0, 0.05) is 0 Å². The molecule has 0 aliphatic carbocycles. The van der Waals surface area contributed by atoms with E-state index in [9.17, 15) is 18.4 Å². The Kier molecular flexibility index (Phi) is 10.2. The van der Waals surface area contributed by atoms with Crippen molar-refractivity contribution in [1.82, 2.24) is 19.6 Å². The van der Waals surface area contributed by atoms with Crippen molar-refractivity contribution >= 4 is 47.5 Å². The van der Waals surface area contributed by atoms with E-state index in [1.54, 1.807) is 40.7 Å². The van der Waals surface area contributed by atoms with Gasteiger partial charge in [0.05, 0.1) is 45.2 Å². The van der Waals surface area contributed by atoms with Crippen molar-refractivity contribution in [2.75, 3.05) is 0 Å². The Bertz CT molecular complexity index is 1510. The third-order valence-electron chi connectivity index (χ3n) is 5.16. The molecule has 0 fully saturated rings. The number of carboxylic acid groups (broad SMARTS) is 1. The second-order valence-corrected chi connectivity index (χ2v) is 9.93. The number of carboxylic acids is 1. The highest BCUT2D eigenvalue weighted by Gasteiger charge is 2.22. The summed E-state index contributed by atoms with van der Waals surface area (Å²) < 4.78 is 34.4. The molecular formula is C26H25Cl3F2N4O4. The molecule has 1 N–H and O–H groups in total. The van der Waals surface area contributed by atoms with Gasteiger partial charge in [-0.05, 0) is 71.0 Å². The van der Waals surface area contributed by atoms with Crippen LogP contribution in [0.25, 0.3) is 11.4 Å². The Morgan fingerprint density at radius 1 is 0.846 bits per heavy atom. The maximum atomic E-state index is 13.2. The lowest BCUT2D eigenvalue weighted by Crippen LogP contribution is -2.24. The Labute approximate surface area is 239 Å². The number of hydrogen-bond acceptors (Lipinski definition) is 5. The summed E-state index contributed by atoms with van der Waals surface area (Å²) in [4.78, 5) is 22.9. The number of nitrogens with zero attached hydrogens (tertiary/aromatic N) is 4. The van der Waals surface area contributed by atoms with Crippen LogP contribution in [-0.2, 0) is 4.74 Å². The van der Waals surface area contributed by atoms with Crippen LogP contribution >= 0.6 is 35.6 Å². The zero-order valence-electron chi connectivity index (χ0n) is 21.5. The van der Waals surface area contributed by atoms with Gasteiger partial charge in [0.1, 0.15) is 28.4 Å². The van der Waals surface area contributed by atoms with Gasteiger partial charge in [0.25, 0.3) is 0 Å². The molecule has 13 heteroatoms. The highest BCUT2D eigenvalue weighted by atomic mass is 35.5. The summed E-state index contributed by atoms with van der Waals surface area (Å²) in [5.41, 5.74) is 2.04. The Morgan fingerprint density at radius 3 is 1.62 bits per heavy atom. The molecule has 0 atom stereocenters. The van der Waals surface area contributed by atoms with E-state index in [-0.39, 0.29) is 28.0 Å². The van der Waals surface area contributed by atoms with Crippen LogP contribution in [0.3, 0.4) is 0 Å². The monoisotopic (exact) mass is 600 g/mol. The van der Waals surface area contributed by atoms with Crippen molar-refractivity contribution in [1.29, 1.82) is 0 Å². The van der Waals surface area contributed by atoms with Gasteiger partial charge in [-0.3, -0.25) is 0 Å². The van der Waals surface area contributed by atoms with E-state index < -0.39 is 29.2 Å². The first kappa shape index (κ1) is 31.7. The lowest BCUT2D eigenvalue weighted by molar-refractivity contribution is 0.00684. The molecule has 0 saturated carbocycles. The third-order valence-corrected chi connectivity index (χ3v) is 5.74. The lowest BCUT2D eigenvalue weighted by Gasteiger charge is -2.19. The van der Waals surface area contributed by atoms with Crippen molar-refractivity contribution < 1.29 is 28.2 Å². The summed E-state index contributed by atoms with van der Waals surface area (Å²) in [7, 11) is 0. The normalized spacial score (nSPS) is 10.8. The van der Waals surface area contributed by atoms with Crippen LogP contribution in [0.2, 0.25) is 10.0 Å². The fourth-order valence-electron chi connectivity index (χ4n) is 3.32. The number of aromatic carboxylic acids is 1. The van der Waals surface area contributed by atoms with Crippen molar-refractivity contribution in [3.8, 4) is 11.4 Å². The topological polar surface area (TPSA) is 99.2 Å². The van der Waals surface area contributed by atoms with Gasteiger partial charge in [-0.2, -0.15) is 10.2 Å². The summed E-state index contributed by atoms with van der Waals surface area (Å²) in [6.45, 7) is 8.75. The van der Waals surface area contributed by atoms with Crippen LogP contribution in [0.5, 0.6) is 0 Å². The average molecular weight is 602 g/mol. The van der Waals surface area contributed by atoms with Gasteiger partial charge >= 0.3 is 11.9 Å². The van der Waals surface area contributed by atoms with Crippen LogP contribution in [0.4, 0.5) is 8.78 Å². The highest BCUT2D eigenvalue weighted by molar-refractivity contribution is 6.31. The van der Waals surface area contributed by atoms with Crippen molar-refractivity contribution in [2.24, 2.45) is 0 Å². The molecule has 2 heterocycles. The number of halogens is 5. The lowest BCUT2D eigenvalue weighted by atomic mass is 10.2. The minimum atomic E-state index is -1.05. The molecule has 0 spiro atoms. The maximum absolute atomic E-state index is 13.2. The highest BCUT2D eigenvalue weighted by Crippen LogP contribution is 2.23.